The summed E-state index contributed by atoms with van der Waals surface area (Å²) in [5, 5.41) is 2.82. The Balaban J connectivity index is 2.45. The lowest BCUT2D eigenvalue weighted by Crippen LogP contribution is -2.24. The Labute approximate surface area is 91.0 Å². The van der Waals surface area contributed by atoms with E-state index in [2.05, 4.69) is 27.9 Å². The zero-order valence-electron chi connectivity index (χ0n) is 7.47. The molecule has 1 rings (SSSR count). The van der Waals surface area contributed by atoms with Crippen LogP contribution in [0.25, 0.3) is 0 Å². The summed E-state index contributed by atoms with van der Waals surface area (Å²) in [6.07, 6.45) is 2.53. The molecule has 0 saturated heterocycles. The molecule has 0 bridgehead atoms. The van der Waals surface area contributed by atoms with E-state index in [9.17, 15) is 4.79 Å². The van der Waals surface area contributed by atoms with Crippen molar-refractivity contribution in [2.24, 2.45) is 0 Å². The smallest absolute Gasteiger partial charge is 0.254 e. The second kappa shape index (κ2) is 5.26. The van der Waals surface area contributed by atoms with Crippen molar-refractivity contribution in [1.82, 2.24) is 5.32 Å². The summed E-state index contributed by atoms with van der Waals surface area (Å²) >= 11 is 2.28. The number of carbonyl (C=O) groups excluding carboxylic acids is 1. The summed E-state index contributed by atoms with van der Waals surface area (Å²) in [4.78, 5) is 11.4. The molecule has 0 radical (unpaired) electrons. The molecule has 4 heteroatoms. The van der Waals surface area contributed by atoms with Gasteiger partial charge in [-0.15, -0.1) is 0 Å². The van der Waals surface area contributed by atoms with Gasteiger partial charge in [0.15, 0.2) is 0 Å². The first-order valence-electron chi connectivity index (χ1n) is 4.14. The lowest BCUT2D eigenvalue weighted by molar-refractivity contribution is 0.0952. The van der Waals surface area contributed by atoms with E-state index in [1.54, 1.807) is 13.0 Å². The summed E-state index contributed by atoms with van der Waals surface area (Å²) in [5.41, 5.74) is 0.633. The average molecular weight is 293 g/mol. The number of aryl methyl sites for hydroxylation is 1. The fourth-order valence-corrected chi connectivity index (χ4v) is 1.37. The topological polar surface area (TPSA) is 42.2 Å². The predicted molar refractivity (Wildman–Crippen MR) is 59.3 cm³/mol. The highest BCUT2D eigenvalue weighted by Gasteiger charge is 2.09. The first kappa shape index (κ1) is 10.6. The summed E-state index contributed by atoms with van der Waals surface area (Å²) in [7, 11) is 0. The van der Waals surface area contributed by atoms with E-state index >= 15 is 0 Å². The fourth-order valence-electron chi connectivity index (χ4n) is 0.984. The van der Waals surface area contributed by atoms with Crippen molar-refractivity contribution in [1.29, 1.82) is 0 Å². The monoisotopic (exact) mass is 293 g/mol. The molecule has 0 aromatic carbocycles. The number of halogens is 1. The molecule has 0 saturated carbocycles. The maximum Gasteiger partial charge on any atom is 0.254 e. The van der Waals surface area contributed by atoms with Crippen LogP contribution in [-0.2, 0) is 0 Å². The minimum atomic E-state index is -0.0453. The van der Waals surface area contributed by atoms with Crippen LogP contribution in [0.3, 0.4) is 0 Å². The third-order valence-corrected chi connectivity index (χ3v) is 2.46. The molecule has 72 valence electrons. The van der Waals surface area contributed by atoms with Crippen LogP contribution < -0.4 is 5.32 Å². The average Bonchev–Trinajstić information content (AvgIpc) is 2.52. The minimum Gasteiger partial charge on any atom is -0.469 e. The number of nitrogens with one attached hydrogen (secondary N) is 1. The number of hydrogen-bond acceptors (Lipinski definition) is 2. The Morgan fingerprint density at radius 2 is 2.46 bits per heavy atom. The van der Waals surface area contributed by atoms with Gasteiger partial charge in [-0.1, -0.05) is 22.6 Å². The van der Waals surface area contributed by atoms with E-state index < -0.39 is 0 Å². The van der Waals surface area contributed by atoms with Crippen LogP contribution in [0.5, 0.6) is 0 Å². The number of furan rings is 1. The third-order valence-electron chi connectivity index (χ3n) is 1.70. The normalized spacial score (nSPS) is 10.0. The van der Waals surface area contributed by atoms with Crippen molar-refractivity contribution in [2.45, 2.75) is 13.3 Å². The molecule has 0 atom stereocenters. The summed E-state index contributed by atoms with van der Waals surface area (Å²) in [6, 6.07) is 1.69. The second-order valence-corrected chi connectivity index (χ2v) is 3.77. The first-order chi connectivity index (χ1) is 6.25. The van der Waals surface area contributed by atoms with Gasteiger partial charge >= 0.3 is 0 Å². The second-order valence-electron chi connectivity index (χ2n) is 2.69. The summed E-state index contributed by atoms with van der Waals surface area (Å²) in [5.74, 6) is 0.628. The number of amides is 1. The lowest BCUT2D eigenvalue weighted by atomic mass is 10.2. The van der Waals surface area contributed by atoms with Crippen molar-refractivity contribution >= 4 is 28.5 Å². The first-order valence-corrected chi connectivity index (χ1v) is 5.66. The van der Waals surface area contributed by atoms with Crippen molar-refractivity contribution < 1.29 is 9.21 Å². The zero-order valence-corrected chi connectivity index (χ0v) is 9.63. The van der Waals surface area contributed by atoms with E-state index in [4.69, 9.17) is 4.42 Å². The molecule has 0 aliphatic heterocycles. The van der Waals surface area contributed by atoms with Crippen LogP contribution in [0.1, 0.15) is 22.5 Å². The van der Waals surface area contributed by atoms with Gasteiger partial charge in [-0.25, -0.2) is 0 Å². The van der Waals surface area contributed by atoms with Gasteiger partial charge in [0.1, 0.15) is 5.76 Å². The number of rotatable bonds is 4. The van der Waals surface area contributed by atoms with Gasteiger partial charge in [0.25, 0.3) is 5.91 Å². The summed E-state index contributed by atoms with van der Waals surface area (Å²) < 4.78 is 6.09. The molecule has 0 fully saturated rings. The highest BCUT2D eigenvalue weighted by Crippen LogP contribution is 2.07. The van der Waals surface area contributed by atoms with Gasteiger partial charge < -0.3 is 9.73 Å². The van der Waals surface area contributed by atoms with E-state index in [-0.39, 0.29) is 5.91 Å². The quantitative estimate of drug-likeness (QED) is 0.525. The molecule has 3 nitrogen and oxygen atoms in total. The lowest BCUT2D eigenvalue weighted by Gasteiger charge is -2.01. The SMILES string of the molecule is Cc1occc1C(=O)NCCCI. The molecule has 1 aromatic heterocycles. The van der Waals surface area contributed by atoms with Gasteiger partial charge in [0.2, 0.25) is 0 Å². The molecule has 1 heterocycles. The molecule has 1 amide bonds. The fraction of sp³-hybridized carbons (Fsp3) is 0.444. The van der Waals surface area contributed by atoms with Gasteiger partial charge in [0.05, 0.1) is 11.8 Å². The van der Waals surface area contributed by atoms with E-state index in [0.717, 1.165) is 17.4 Å². The Morgan fingerprint density at radius 1 is 1.69 bits per heavy atom. The van der Waals surface area contributed by atoms with Crippen LogP contribution in [0, 0.1) is 6.92 Å². The van der Waals surface area contributed by atoms with Gasteiger partial charge in [-0.3, -0.25) is 4.79 Å². The number of carbonyl (C=O) groups is 1. The minimum absolute atomic E-state index is 0.0453. The molecule has 0 aliphatic carbocycles. The molecule has 1 aromatic rings. The Hall–Kier alpha value is -0.520. The number of alkyl halides is 1. The molecule has 1 N–H and O–H groups in total. The molecular weight excluding hydrogens is 281 g/mol. The summed E-state index contributed by atoms with van der Waals surface area (Å²) in [6.45, 7) is 2.51. The Bertz CT molecular complexity index is 283. The van der Waals surface area contributed by atoms with E-state index in [0.29, 0.717) is 11.3 Å². The van der Waals surface area contributed by atoms with Crippen molar-refractivity contribution in [3.8, 4) is 0 Å². The van der Waals surface area contributed by atoms with Gasteiger partial charge in [0, 0.05) is 11.0 Å². The molecular formula is C9H12INO2. The van der Waals surface area contributed by atoms with Crippen molar-refractivity contribution in [2.75, 3.05) is 11.0 Å². The highest BCUT2D eigenvalue weighted by atomic mass is 127. The van der Waals surface area contributed by atoms with Gasteiger partial charge in [-0.05, 0) is 19.4 Å². The van der Waals surface area contributed by atoms with Crippen LogP contribution in [0.2, 0.25) is 0 Å². The molecule has 13 heavy (non-hydrogen) atoms. The maximum atomic E-state index is 11.4. The van der Waals surface area contributed by atoms with E-state index in [1.807, 2.05) is 0 Å². The van der Waals surface area contributed by atoms with Crippen LogP contribution in [-0.4, -0.2) is 16.9 Å². The maximum absolute atomic E-state index is 11.4. The van der Waals surface area contributed by atoms with Crippen LogP contribution in [0.4, 0.5) is 0 Å². The Kier molecular flexibility index (Phi) is 4.27. The zero-order chi connectivity index (χ0) is 9.68. The molecule has 0 aliphatic rings. The van der Waals surface area contributed by atoms with Crippen molar-refractivity contribution in [3.05, 3.63) is 23.7 Å². The molecule has 0 unspecified atom stereocenters. The third kappa shape index (κ3) is 3.02. The van der Waals surface area contributed by atoms with Crippen LogP contribution in [0.15, 0.2) is 16.7 Å². The number of hydrogen-bond donors (Lipinski definition) is 1. The Morgan fingerprint density at radius 3 is 3.00 bits per heavy atom. The van der Waals surface area contributed by atoms with Crippen molar-refractivity contribution in [3.63, 3.8) is 0 Å². The van der Waals surface area contributed by atoms with E-state index in [1.165, 1.54) is 6.26 Å². The molecule has 0 spiro atoms. The van der Waals surface area contributed by atoms with Crippen LogP contribution >= 0.6 is 22.6 Å². The highest BCUT2D eigenvalue weighted by molar-refractivity contribution is 14.1. The van der Waals surface area contributed by atoms with Gasteiger partial charge in [-0.2, -0.15) is 0 Å². The standard InChI is InChI=1S/C9H12INO2/c1-7-8(3-6-13-7)9(12)11-5-2-4-10/h3,6H,2,4-5H2,1H3,(H,11,12). The predicted octanol–water partition coefficient (Wildman–Crippen LogP) is 2.14. The largest absolute Gasteiger partial charge is 0.469 e.